The van der Waals surface area contributed by atoms with Crippen LogP contribution in [0, 0.1) is 17.2 Å². The smallest absolute Gasteiger partial charge is 0.411 e. The SMILES string of the molecule is C[C@H]1[C@@H](C(=O)O)C[C@@H](C(=O)N(C)CC#N)N1C(=O)OC(C)(C)C. The van der Waals surface area contributed by atoms with Gasteiger partial charge < -0.3 is 14.7 Å². The molecule has 1 aliphatic heterocycles. The number of carboxylic acid groups (broad SMARTS) is 1. The molecular weight excluding hydrogens is 302 g/mol. The van der Waals surface area contributed by atoms with Crippen LogP contribution in [0.25, 0.3) is 0 Å². The molecule has 1 rings (SSSR count). The van der Waals surface area contributed by atoms with E-state index in [-0.39, 0.29) is 13.0 Å². The Labute approximate surface area is 135 Å². The lowest BCUT2D eigenvalue weighted by molar-refractivity contribution is -0.142. The second-order valence-electron chi connectivity index (χ2n) is 6.68. The first-order valence-corrected chi connectivity index (χ1v) is 7.35. The minimum Gasteiger partial charge on any atom is -0.481 e. The average Bonchev–Trinajstić information content (AvgIpc) is 2.73. The number of nitrogens with zero attached hydrogens (tertiary/aromatic N) is 3. The van der Waals surface area contributed by atoms with Gasteiger partial charge in [-0.1, -0.05) is 0 Å². The molecule has 8 nitrogen and oxygen atoms in total. The Morgan fingerprint density at radius 2 is 1.96 bits per heavy atom. The highest BCUT2D eigenvalue weighted by molar-refractivity contribution is 5.88. The molecule has 0 aromatic carbocycles. The van der Waals surface area contributed by atoms with Crippen molar-refractivity contribution in [2.75, 3.05) is 13.6 Å². The van der Waals surface area contributed by atoms with E-state index >= 15 is 0 Å². The third-order valence-corrected chi connectivity index (χ3v) is 3.72. The van der Waals surface area contributed by atoms with Crippen LogP contribution in [0.4, 0.5) is 4.79 Å². The quantitative estimate of drug-likeness (QED) is 0.777. The molecule has 1 aliphatic rings. The first kappa shape index (κ1) is 18.7. The molecule has 0 aromatic rings. The molecule has 23 heavy (non-hydrogen) atoms. The Balaban J connectivity index is 3.09. The van der Waals surface area contributed by atoms with Gasteiger partial charge in [0.05, 0.1) is 12.0 Å². The molecule has 1 N–H and O–H groups in total. The molecule has 2 amide bonds. The topological polar surface area (TPSA) is 111 Å². The first-order chi connectivity index (χ1) is 10.5. The van der Waals surface area contributed by atoms with Crippen LogP contribution in [-0.2, 0) is 14.3 Å². The van der Waals surface area contributed by atoms with Crippen LogP contribution in [0.2, 0.25) is 0 Å². The lowest BCUT2D eigenvalue weighted by Gasteiger charge is -2.32. The van der Waals surface area contributed by atoms with E-state index in [4.69, 9.17) is 10.00 Å². The maximum atomic E-state index is 12.5. The standard InChI is InChI=1S/C15H23N3O5/c1-9-10(13(20)21)8-11(12(19)17(5)7-6-16)18(9)14(22)23-15(2,3)4/h9-11H,7-8H2,1-5H3,(H,20,21)/t9-,10-,11-/m0/s1. The molecule has 3 atom stereocenters. The number of carbonyl (C=O) groups is 3. The number of carboxylic acids is 1. The van der Waals surface area contributed by atoms with Gasteiger partial charge in [-0.25, -0.2) is 4.79 Å². The van der Waals surface area contributed by atoms with Gasteiger partial charge >= 0.3 is 12.1 Å². The fraction of sp³-hybridized carbons (Fsp3) is 0.733. The molecule has 1 heterocycles. The molecule has 0 saturated carbocycles. The fourth-order valence-electron chi connectivity index (χ4n) is 2.60. The molecule has 0 unspecified atom stereocenters. The van der Waals surface area contributed by atoms with Crippen LogP contribution < -0.4 is 0 Å². The van der Waals surface area contributed by atoms with Gasteiger partial charge in [-0.05, 0) is 34.1 Å². The van der Waals surface area contributed by atoms with Crippen molar-refractivity contribution >= 4 is 18.0 Å². The Hall–Kier alpha value is -2.30. The molecule has 0 radical (unpaired) electrons. The summed E-state index contributed by atoms with van der Waals surface area (Å²) >= 11 is 0. The largest absolute Gasteiger partial charge is 0.481 e. The summed E-state index contributed by atoms with van der Waals surface area (Å²) in [6.45, 7) is 6.53. The van der Waals surface area contributed by atoms with Crippen LogP contribution >= 0.6 is 0 Å². The summed E-state index contributed by atoms with van der Waals surface area (Å²) in [4.78, 5) is 38.6. The lowest BCUT2D eigenvalue weighted by atomic mass is 10.0. The van der Waals surface area contributed by atoms with Gasteiger partial charge in [0.15, 0.2) is 0 Å². The Kier molecular flexibility index (Phi) is 5.59. The van der Waals surface area contributed by atoms with Crippen LogP contribution in [0.1, 0.15) is 34.1 Å². The molecule has 1 fully saturated rings. The van der Waals surface area contributed by atoms with Crippen LogP contribution in [0.3, 0.4) is 0 Å². The van der Waals surface area contributed by atoms with Crippen molar-refractivity contribution in [3.8, 4) is 6.07 Å². The highest BCUT2D eigenvalue weighted by atomic mass is 16.6. The predicted molar refractivity (Wildman–Crippen MR) is 80.3 cm³/mol. The van der Waals surface area contributed by atoms with E-state index in [9.17, 15) is 19.5 Å². The Bertz CT molecular complexity index is 534. The summed E-state index contributed by atoms with van der Waals surface area (Å²) in [7, 11) is 1.44. The minimum absolute atomic E-state index is 0.00431. The van der Waals surface area contributed by atoms with Gasteiger partial charge in [0.25, 0.3) is 0 Å². The van der Waals surface area contributed by atoms with Crippen LogP contribution in [0.15, 0.2) is 0 Å². The number of likely N-dealkylation sites (N-methyl/N-ethyl adjacent to an activating group) is 1. The number of carbonyl (C=O) groups excluding carboxylic acids is 2. The minimum atomic E-state index is -1.07. The predicted octanol–water partition coefficient (Wildman–Crippen LogP) is 1.07. The highest BCUT2D eigenvalue weighted by Crippen LogP contribution is 2.32. The van der Waals surface area contributed by atoms with E-state index in [1.807, 2.05) is 6.07 Å². The second-order valence-corrected chi connectivity index (χ2v) is 6.68. The van der Waals surface area contributed by atoms with Crippen molar-refractivity contribution in [1.82, 2.24) is 9.80 Å². The van der Waals surface area contributed by atoms with Gasteiger partial charge in [-0.3, -0.25) is 14.5 Å². The van der Waals surface area contributed by atoms with Crippen molar-refractivity contribution in [3.63, 3.8) is 0 Å². The molecule has 128 valence electrons. The van der Waals surface area contributed by atoms with Crippen molar-refractivity contribution in [1.29, 1.82) is 5.26 Å². The number of rotatable bonds is 3. The molecule has 8 heteroatoms. The van der Waals surface area contributed by atoms with Crippen molar-refractivity contribution < 1.29 is 24.2 Å². The van der Waals surface area contributed by atoms with Crippen LogP contribution in [-0.4, -0.2) is 64.2 Å². The summed E-state index contributed by atoms with van der Waals surface area (Å²) in [6.07, 6.45) is -0.720. The van der Waals surface area contributed by atoms with E-state index in [0.29, 0.717) is 0 Å². The first-order valence-electron chi connectivity index (χ1n) is 7.35. The summed E-state index contributed by atoms with van der Waals surface area (Å²) in [6, 6.07) is 0.234. The Morgan fingerprint density at radius 1 is 1.39 bits per heavy atom. The van der Waals surface area contributed by atoms with Crippen molar-refractivity contribution in [2.45, 2.75) is 51.8 Å². The normalized spacial score (nSPS) is 24.0. The summed E-state index contributed by atoms with van der Waals surface area (Å²) in [5.41, 5.74) is -0.760. The summed E-state index contributed by atoms with van der Waals surface area (Å²) in [5.74, 6) is -2.38. The van der Waals surface area contributed by atoms with E-state index in [0.717, 1.165) is 0 Å². The number of likely N-dealkylation sites (tertiary alicyclic amines) is 1. The molecule has 0 bridgehead atoms. The maximum Gasteiger partial charge on any atom is 0.411 e. The van der Waals surface area contributed by atoms with Crippen molar-refractivity contribution in [2.24, 2.45) is 5.92 Å². The third-order valence-electron chi connectivity index (χ3n) is 3.72. The van der Waals surface area contributed by atoms with E-state index in [1.165, 1.54) is 16.8 Å². The van der Waals surface area contributed by atoms with E-state index < -0.39 is 41.6 Å². The van der Waals surface area contributed by atoms with Gasteiger partial charge in [0, 0.05) is 13.1 Å². The molecule has 0 aliphatic carbocycles. The lowest BCUT2D eigenvalue weighted by Crippen LogP contribution is -2.50. The van der Waals surface area contributed by atoms with E-state index in [1.54, 1.807) is 27.7 Å². The number of amides is 2. The molecule has 0 spiro atoms. The second kappa shape index (κ2) is 6.86. The number of ether oxygens (including phenoxy) is 1. The molecule has 1 saturated heterocycles. The van der Waals surface area contributed by atoms with Gasteiger partial charge in [0.2, 0.25) is 5.91 Å². The van der Waals surface area contributed by atoms with Crippen LogP contribution in [0.5, 0.6) is 0 Å². The number of hydrogen-bond donors (Lipinski definition) is 1. The third kappa shape index (κ3) is 4.34. The zero-order valence-corrected chi connectivity index (χ0v) is 14.1. The number of aliphatic carboxylic acids is 1. The molecule has 0 aromatic heterocycles. The van der Waals surface area contributed by atoms with Gasteiger partial charge in [0.1, 0.15) is 18.2 Å². The summed E-state index contributed by atoms with van der Waals surface area (Å²) in [5, 5.41) is 18.0. The zero-order valence-electron chi connectivity index (χ0n) is 14.1. The average molecular weight is 325 g/mol. The monoisotopic (exact) mass is 325 g/mol. The Morgan fingerprint density at radius 3 is 2.39 bits per heavy atom. The van der Waals surface area contributed by atoms with Gasteiger partial charge in [-0.15, -0.1) is 0 Å². The number of hydrogen-bond acceptors (Lipinski definition) is 5. The fourth-order valence-corrected chi connectivity index (χ4v) is 2.60. The van der Waals surface area contributed by atoms with Crippen molar-refractivity contribution in [3.05, 3.63) is 0 Å². The number of nitriles is 1. The molecular formula is C15H23N3O5. The summed E-state index contributed by atoms with van der Waals surface area (Å²) < 4.78 is 5.30. The van der Waals surface area contributed by atoms with Gasteiger partial charge in [-0.2, -0.15) is 5.26 Å². The van der Waals surface area contributed by atoms with E-state index in [2.05, 4.69) is 0 Å². The zero-order chi connectivity index (χ0) is 17.9. The highest BCUT2D eigenvalue weighted by Gasteiger charge is 2.49. The maximum absolute atomic E-state index is 12.5.